The molecular formula is C71H138O17P2. The molecule has 17 nitrogen and oxygen atoms in total. The molecule has 0 aromatic heterocycles. The minimum atomic E-state index is -4.95. The van der Waals surface area contributed by atoms with Crippen LogP contribution in [0.25, 0.3) is 0 Å². The van der Waals surface area contributed by atoms with E-state index < -0.39 is 97.5 Å². The van der Waals surface area contributed by atoms with E-state index in [1.54, 1.807) is 0 Å². The van der Waals surface area contributed by atoms with Crippen LogP contribution in [0.15, 0.2) is 0 Å². The number of phosphoric acid groups is 2. The summed E-state index contributed by atoms with van der Waals surface area (Å²) in [6.45, 7) is 9.53. The first-order chi connectivity index (χ1) is 43.4. The summed E-state index contributed by atoms with van der Waals surface area (Å²) in [5, 5.41) is 10.6. The lowest BCUT2D eigenvalue weighted by Gasteiger charge is -2.21. The van der Waals surface area contributed by atoms with Gasteiger partial charge in [0.05, 0.1) is 26.4 Å². The van der Waals surface area contributed by atoms with Gasteiger partial charge in [-0.15, -0.1) is 0 Å². The van der Waals surface area contributed by atoms with E-state index in [-0.39, 0.29) is 25.7 Å². The number of carbonyl (C=O) groups excluding carboxylic acids is 4. The number of carbonyl (C=O) groups is 4. The first-order valence-corrected chi connectivity index (χ1v) is 40.0. The van der Waals surface area contributed by atoms with Crippen molar-refractivity contribution in [1.82, 2.24) is 0 Å². The molecule has 0 saturated heterocycles. The zero-order chi connectivity index (χ0) is 66.5. The van der Waals surface area contributed by atoms with Gasteiger partial charge in [-0.1, -0.05) is 311 Å². The Bertz CT molecular complexity index is 1750. The third-order valence-electron chi connectivity index (χ3n) is 16.8. The Morgan fingerprint density at radius 2 is 0.567 bits per heavy atom. The number of esters is 4. The molecule has 90 heavy (non-hydrogen) atoms. The van der Waals surface area contributed by atoms with E-state index in [1.807, 2.05) is 0 Å². The highest BCUT2D eigenvalue weighted by Gasteiger charge is 2.30. The monoisotopic (exact) mass is 1320 g/mol. The maximum absolute atomic E-state index is 13.0. The van der Waals surface area contributed by atoms with Crippen molar-refractivity contribution < 1.29 is 80.2 Å². The molecule has 0 amide bonds. The number of unbranched alkanes of at least 4 members (excludes halogenated alkanes) is 39. The van der Waals surface area contributed by atoms with Crippen LogP contribution in [0.1, 0.15) is 363 Å². The van der Waals surface area contributed by atoms with Crippen molar-refractivity contribution in [2.24, 2.45) is 11.8 Å². The Balaban J connectivity index is 5.25. The van der Waals surface area contributed by atoms with E-state index in [9.17, 15) is 43.2 Å². The van der Waals surface area contributed by atoms with Crippen LogP contribution in [0, 0.1) is 11.8 Å². The summed E-state index contributed by atoms with van der Waals surface area (Å²) in [6.07, 6.45) is 48.4. The summed E-state index contributed by atoms with van der Waals surface area (Å²) in [5.41, 5.74) is 0. The standard InChI is InChI=1S/C71H138O17P2/c1-7-10-12-14-16-18-20-26-30-34-41-47-53-68(73)81-59-66(87-71(76)56-50-44-36-32-28-24-22-23-25-29-33-39-45-51-63(4)5)61-85-89(77,78)83-57-65(72)58-84-90(79,80)86-62-67(60-82-69(74)54-48-42-38-37-40-46-52-64(6)9-3)88-70(75)55-49-43-35-31-27-21-19-17-15-13-11-8-2/h63-67,72H,7-62H2,1-6H3,(H,77,78)(H,79,80)/t64?,65-,66-,67-/m1/s1. The summed E-state index contributed by atoms with van der Waals surface area (Å²) in [4.78, 5) is 72.6. The molecule has 0 spiro atoms. The molecule has 0 aliphatic heterocycles. The number of rotatable bonds is 70. The minimum Gasteiger partial charge on any atom is -0.462 e. The molecular weight excluding hydrogens is 1190 g/mol. The number of hydrogen-bond donors (Lipinski definition) is 3. The Hall–Kier alpha value is -1.94. The molecule has 0 rings (SSSR count). The number of aliphatic hydroxyl groups excluding tert-OH is 1. The Labute approximate surface area is 549 Å². The van der Waals surface area contributed by atoms with Gasteiger partial charge in [0.15, 0.2) is 12.2 Å². The first-order valence-electron chi connectivity index (χ1n) is 37.0. The zero-order valence-corrected chi connectivity index (χ0v) is 60.2. The van der Waals surface area contributed by atoms with Gasteiger partial charge in [0.2, 0.25) is 0 Å². The van der Waals surface area contributed by atoms with Gasteiger partial charge in [-0.3, -0.25) is 37.3 Å². The molecule has 0 aliphatic rings. The van der Waals surface area contributed by atoms with E-state index in [1.165, 1.54) is 173 Å². The smallest absolute Gasteiger partial charge is 0.462 e. The molecule has 0 bridgehead atoms. The second-order valence-corrected chi connectivity index (χ2v) is 29.3. The van der Waals surface area contributed by atoms with Gasteiger partial charge in [0.1, 0.15) is 19.3 Å². The highest BCUT2D eigenvalue weighted by atomic mass is 31.2. The van der Waals surface area contributed by atoms with Gasteiger partial charge < -0.3 is 33.8 Å². The molecule has 19 heteroatoms. The van der Waals surface area contributed by atoms with Crippen LogP contribution in [0.4, 0.5) is 0 Å². The molecule has 0 aromatic rings. The summed E-state index contributed by atoms with van der Waals surface area (Å²) in [5.74, 6) is -0.604. The van der Waals surface area contributed by atoms with Crippen molar-refractivity contribution >= 4 is 39.5 Å². The molecule has 3 N–H and O–H groups in total. The average molecular weight is 1330 g/mol. The van der Waals surface area contributed by atoms with E-state index in [0.717, 1.165) is 108 Å². The third-order valence-corrected chi connectivity index (χ3v) is 18.7. The lowest BCUT2D eigenvalue weighted by Crippen LogP contribution is -2.30. The van der Waals surface area contributed by atoms with E-state index >= 15 is 0 Å². The van der Waals surface area contributed by atoms with Crippen molar-refractivity contribution in [2.45, 2.75) is 381 Å². The van der Waals surface area contributed by atoms with Crippen molar-refractivity contribution in [2.75, 3.05) is 39.6 Å². The minimum absolute atomic E-state index is 0.106. The number of hydrogen-bond acceptors (Lipinski definition) is 15. The van der Waals surface area contributed by atoms with E-state index in [4.69, 9.17) is 37.0 Å². The van der Waals surface area contributed by atoms with Crippen LogP contribution in [0.5, 0.6) is 0 Å². The maximum Gasteiger partial charge on any atom is 0.472 e. The van der Waals surface area contributed by atoms with Crippen LogP contribution in [-0.4, -0.2) is 96.7 Å². The van der Waals surface area contributed by atoms with Crippen molar-refractivity contribution in [3.05, 3.63) is 0 Å². The SMILES string of the molecule is CCCCCCCCCCCCCCC(=O)OC[C@H](COP(=O)(O)OC[C@@H](O)COP(=O)(O)OC[C@@H](COC(=O)CCCCCCCCC(C)CC)OC(=O)CCCCCCCCCCCCCC)OC(=O)CCCCCCCCCCCCCCCC(C)C. The van der Waals surface area contributed by atoms with Crippen LogP contribution in [0.2, 0.25) is 0 Å². The molecule has 3 unspecified atom stereocenters. The molecule has 534 valence electrons. The highest BCUT2D eigenvalue weighted by Crippen LogP contribution is 2.45. The fraction of sp³-hybridized carbons (Fsp3) is 0.944. The average Bonchev–Trinajstić information content (AvgIpc) is 2.88. The van der Waals surface area contributed by atoms with E-state index in [0.29, 0.717) is 25.7 Å². The molecule has 0 heterocycles. The fourth-order valence-corrected chi connectivity index (χ4v) is 12.3. The molecule has 0 fully saturated rings. The van der Waals surface area contributed by atoms with Gasteiger partial charge in [0, 0.05) is 25.7 Å². The van der Waals surface area contributed by atoms with Crippen LogP contribution in [0.3, 0.4) is 0 Å². The summed E-state index contributed by atoms with van der Waals surface area (Å²) >= 11 is 0. The molecule has 0 radical (unpaired) electrons. The van der Waals surface area contributed by atoms with Crippen molar-refractivity contribution in [1.29, 1.82) is 0 Å². The topological polar surface area (TPSA) is 237 Å². The van der Waals surface area contributed by atoms with E-state index in [2.05, 4.69) is 41.5 Å². The Morgan fingerprint density at radius 3 is 0.844 bits per heavy atom. The molecule has 0 saturated carbocycles. The second kappa shape index (κ2) is 63.1. The van der Waals surface area contributed by atoms with Gasteiger partial charge in [-0.05, 0) is 37.5 Å². The fourth-order valence-electron chi connectivity index (χ4n) is 10.7. The van der Waals surface area contributed by atoms with Crippen molar-refractivity contribution in [3.8, 4) is 0 Å². The van der Waals surface area contributed by atoms with Gasteiger partial charge in [0.25, 0.3) is 0 Å². The second-order valence-electron chi connectivity index (χ2n) is 26.3. The Morgan fingerprint density at radius 1 is 0.322 bits per heavy atom. The first kappa shape index (κ1) is 88.1. The number of phosphoric ester groups is 2. The summed E-state index contributed by atoms with van der Waals surface area (Å²) in [6, 6.07) is 0. The normalized spacial score (nSPS) is 14.4. The van der Waals surface area contributed by atoms with Crippen LogP contribution >= 0.6 is 15.6 Å². The molecule has 0 aromatic carbocycles. The molecule has 6 atom stereocenters. The highest BCUT2D eigenvalue weighted by molar-refractivity contribution is 7.47. The van der Waals surface area contributed by atoms with Crippen LogP contribution < -0.4 is 0 Å². The number of ether oxygens (including phenoxy) is 4. The third kappa shape index (κ3) is 63.5. The number of aliphatic hydroxyl groups is 1. The van der Waals surface area contributed by atoms with Gasteiger partial charge >= 0.3 is 39.5 Å². The lowest BCUT2D eigenvalue weighted by molar-refractivity contribution is -0.161. The predicted octanol–water partition coefficient (Wildman–Crippen LogP) is 20.4. The summed E-state index contributed by atoms with van der Waals surface area (Å²) < 4.78 is 68.3. The van der Waals surface area contributed by atoms with Gasteiger partial charge in [-0.25, -0.2) is 9.13 Å². The lowest BCUT2D eigenvalue weighted by atomic mass is 10.00. The maximum atomic E-state index is 13.0. The largest absolute Gasteiger partial charge is 0.472 e. The predicted molar refractivity (Wildman–Crippen MR) is 363 cm³/mol. The van der Waals surface area contributed by atoms with Crippen molar-refractivity contribution in [3.63, 3.8) is 0 Å². The quantitative estimate of drug-likeness (QED) is 0.0222. The Kier molecular flexibility index (Phi) is 61.8. The van der Waals surface area contributed by atoms with Gasteiger partial charge in [-0.2, -0.15) is 0 Å². The van der Waals surface area contributed by atoms with Crippen LogP contribution in [-0.2, 0) is 65.4 Å². The molecule has 0 aliphatic carbocycles. The zero-order valence-electron chi connectivity index (χ0n) is 58.4. The summed E-state index contributed by atoms with van der Waals surface area (Å²) in [7, 11) is -9.90.